The van der Waals surface area contributed by atoms with Gasteiger partial charge in [0.1, 0.15) is 12.7 Å². The Labute approximate surface area is 204 Å². The van der Waals surface area contributed by atoms with Crippen molar-refractivity contribution in [3.8, 4) is 0 Å². The second kappa shape index (κ2) is 11.3. The summed E-state index contributed by atoms with van der Waals surface area (Å²) < 4.78 is 1.82. The van der Waals surface area contributed by atoms with Crippen LogP contribution >= 0.6 is 35.6 Å². The first-order chi connectivity index (χ1) is 14.7. The standard InChI is InChI=1S/C22H26ClN7.HI/c1-24-22(28-20-8-9-29(14-20)21-7-3-6-19(23)11-21)26-12-17-4-2-5-18(10-17)13-30-16-25-15-27-30;/h2-7,10-11,15-16,20H,8-9,12-14H2,1H3,(H2,24,26,28);1H. The molecular formula is C22H27ClIN7. The molecule has 1 fully saturated rings. The van der Waals surface area contributed by atoms with Crippen LogP contribution in [0.1, 0.15) is 17.5 Å². The number of benzene rings is 2. The molecule has 0 amide bonds. The lowest BCUT2D eigenvalue weighted by atomic mass is 10.1. The molecule has 1 aliphatic heterocycles. The van der Waals surface area contributed by atoms with Gasteiger partial charge >= 0.3 is 0 Å². The summed E-state index contributed by atoms with van der Waals surface area (Å²) in [5.74, 6) is 0.814. The van der Waals surface area contributed by atoms with Crippen molar-refractivity contribution in [1.29, 1.82) is 0 Å². The van der Waals surface area contributed by atoms with E-state index in [1.165, 1.54) is 16.8 Å². The van der Waals surface area contributed by atoms with Crippen molar-refractivity contribution >= 4 is 47.2 Å². The Kier molecular flexibility index (Phi) is 8.53. The first-order valence-corrected chi connectivity index (χ1v) is 10.5. The van der Waals surface area contributed by atoms with E-state index in [2.05, 4.69) is 60.9 Å². The molecule has 2 aromatic carbocycles. The molecule has 1 aromatic heterocycles. The second-order valence-electron chi connectivity index (χ2n) is 7.39. The molecule has 9 heteroatoms. The minimum absolute atomic E-state index is 0. The Morgan fingerprint density at radius 1 is 1.19 bits per heavy atom. The number of hydrogen-bond donors (Lipinski definition) is 2. The summed E-state index contributed by atoms with van der Waals surface area (Å²) >= 11 is 6.14. The van der Waals surface area contributed by atoms with Gasteiger partial charge < -0.3 is 15.5 Å². The summed E-state index contributed by atoms with van der Waals surface area (Å²) in [5, 5.41) is 11.9. The molecule has 2 N–H and O–H groups in total. The number of rotatable bonds is 6. The Balaban J connectivity index is 0.00000272. The Bertz CT molecular complexity index is 993. The third-order valence-corrected chi connectivity index (χ3v) is 5.42. The van der Waals surface area contributed by atoms with E-state index in [0.717, 1.165) is 30.5 Å². The van der Waals surface area contributed by atoms with Crippen LogP contribution in [0.5, 0.6) is 0 Å². The van der Waals surface area contributed by atoms with Crippen molar-refractivity contribution in [3.05, 3.63) is 77.3 Å². The number of hydrogen-bond acceptors (Lipinski definition) is 4. The van der Waals surface area contributed by atoms with E-state index in [4.69, 9.17) is 11.6 Å². The molecule has 7 nitrogen and oxygen atoms in total. The van der Waals surface area contributed by atoms with Crippen LogP contribution in [0, 0.1) is 0 Å². The number of halogens is 2. The van der Waals surface area contributed by atoms with Crippen LogP contribution in [0.3, 0.4) is 0 Å². The van der Waals surface area contributed by atoms with E-state index >= 15 is 0 Å². The van der Waals surface area contributed by atoms with Crippen molar-refractivity contribution in [2.45, 2.75) is 25.6 Å². The smallest absolute Gasteiger partial charge is 0.191 e. The van der Waals surface area contributed by atoms with Crippen molar-refractivity contribution in [2.75, 3.05) is 25.0 Å². The molecular weight excluding hydrogens is 525 g/mol. The van der Waals surface area contributed by atoms with Crippen LogP contribution in [-0.4, -0.2) is 46.9 Å². The third kappa shape index (κ3) is 6.57. The highest BCUT2D eigenvalue weighted by Gasteiger charge is 2.23. The summed E-state index contributed by atoms with van der Waals surface area (Å²) in [7, 11) is 1.81. The topological polar surface area (TPSA) is 70.4 Å². The van der Waals surface area contributed by atoms with Crippen molar-refractivity contribution in [2.24, 2.45) is 4.99 Å². The number of nitrogens with zero attached hydrogens (tertiary/aromatic N) is 5. The number of aliphatic imine (C=N–C) groups is 1. The number of anilines is 1. The van der Waals surface area contributed by atoms with E-state index in [-0.39, 0.29) is 24.0 Å². The van der Waals surface area contributed by atoms with Gasteiger partial charge in [0.2, 0.25) is 0 Å². The number of aromatic nitrogens is 3. The van der Waals surface area contributed by atoms with Gasteiger partial charge in [-0.15, -0.1) is 24.0 Å². The van der Waals surface area contributed by atoms with Crippen LogP contribution in [0.15, 0.2) is 66.2 Å². The van der Waals surface area contributed by atoms with Gasteiger partial charge in [-0.3, -0.25) is 4.99 Å². The number of guanidine groups is 1. The van der Waals surface area contributed by atoms with Gasteiger partial charge in [-0.2, -0.15) is 5.10 Å². The highest BCUT2D eigenvalue weighted by molar-refractivity contribution is 14.0. The quantitative estimate of drug-likeness (QED) is 0.279. The first-order valence-electron chi connectivity index (χ1n) is 10.1. The van der Waals surface area contributed by atoms with E-state index in [9.17, 15) is 0 Å². The van der Waals surface area contributed by atoms with Crippen LogP contribution in [0.2, 0.25) is 5.02 Å². The molecule has 0 bridgehead atoms. The molecule has 0 aliphatic carbocycles. The molecule has 0 radical (unpaired) electrons. The summed E-state index contributed by atoms with van der Waals surface area (Å²) in [5.41, 5.74) is 3.55. The SMILES string of the molecule is CN=C(NCc1cccc(Cn2cncn2)c1)NC1CCN(c2cccc(Cl)c2)C1.I. The minimum Gasteiger partial charge on any atom is -0.369 e. The van der Waals surface area contributed by atoms with E-state index in [1.807, 2.05) is 22.9 Å². The molecule has 31 heavy (non-hydrogen) atoms. The third-order valence-electron chi connectivity index (χ3n) is 5.19. The summed E-state index contributed by atoms with van der Waals surface area (Å²) in [6, 6.07) is 16.8. The zero-order valence-corrected chi connectivity index (χ0v) is 20.5. The van der Waals surface area contributed by atoms with Crippen LogP contribution in [-0.2, 0) is 13.1 Å². The summed E-state index contributed by atoms with van der Waals surface area (Å²) in [4.78, 5) is 10.7. The van der Waals surface area contributed by atoms with E-state index in [0.29, 0.717) is 19.1 Å². The average molecular weight is 552 g/mol. The maximum Gasteiger partial charge on any atom is 0.191 e. The fourth-order valence-corrected chi connectivity index (χ4v) is 3.88. The molecule has 1 unspecified atom stereocenters. The Morgan fingerprint density at radius 3 is 2.81 bits per heavy atom. The molecule has 164 valence electrons. The maximum absolute atomic E-state index is 6.14. The molecule has 1 atom stereocenters. The van der Waals surface area contributed by atoms with Gasteiger partial charge in [0, 0.05) is 43.4 Å². The predicted molar refractivity (Wildman–Crippen MR) is 136 cm³/mol. The lowest BCUT2D eigenvalue weighted by Crippen LogP contribution is -2.44. The number of nitrogens with one attached hydrogen (secondary N) is 2. The molecule has 0 saturated carbocycles. The molecule has 1 aliphatic rings. The fourth-order valence-electron chi connectivity index (χ4n) is 3.70. The molecule has 2 heterocycles. The van der Waals surface area contributed by atoms with Crippen molar-refractivity contribution in [3.63, 3.8) is 0 Å². The first kappa shape index (κ1) is 23.3. The normalized spacial score (nSPS) is 16.1. The molecule has 1 saturated heterocycles. The van der Waals surface area contributed by atoms with E-state index < -0.39 is 0 Å². The molecule has 0 spiro atoms. The van der Waals surface area contributed by atoms with Gasteiger partial charge in [-0.25, -0.2) is 9.67 Å². The van der Waals surface area contributed by atoms with Crippen molar-refractivity contribution < 1.29 is 0 Å². The monoisotopic (exact) mass is 551 g/mol. The summed E-state index contributed by atoms with van der Waals surface area (Å²) in [6.45, 7) is 3.34. The van der Waals surface area contributed by atoms with Gasteiger partial charge in [0.15, 0.2) is 5.96 Å². The van der Waals surface area contributed by atoms with Crippen LogP contribution < -0.4 is 15.5 Å². The van der Waals surface area contributed by atoms with Crippen LogP contribution in [0.4, 0.5) is 5.69 Å². The molecule has 4 rings (SSSR count). The van der Waals surface area contributed by atoms with Gasteiger partial charge in [0.05, 0.1) is 6.54 Å². The van der Waals surface area contributed by atoms with Gasteiger partial charge in [-0.05, 0) is 35.7 Å². The van der Waals surface area contributed by atoms with Gasteiger partial charge in [0.25, 0.3) is 0 Å². The lowest BCUT2D eigenvalue weighted by molar-refractivity contribution is 0.648. The average Bonchev–Trinajstić information content (AvgIpc) is 3.43. The zero-order valence-electron chi connectivity index (χ0n) is 17.4. The van der Waals surface area contributed by atoms with Gasteiger partial charge in [-0.1, -0.05) is 41.9 Å². The zero-order chi connectivity index (χ0) is 20.8. The lowest BCUT2D eigenvalue weighted by Gasteiger charge is -2.20. The maximum atomic E-state index is 6.14. The van der Waals surface area contributed by atoms with Crippen LogP contribution in [0.25, 0.3) is 0 Å². The van der Waals surface area contributed by atoms with E-state index in [1.54, 1.807) is 19.7 Å². The molecule has 3 aromatic rings. The Hall–Kier alpha value is -2.33. The Morgan fingerprint density at radius 2 is 2.03 bits per heavy atom. The summed E-state index contributed by atoms with van der Waals surface area (Å²) in [6.07, 6.45) is 4.34. The predicted octanol–water partition coefficient (Wildman–Crippen LogP) is 3.54. The fraction of sp³-hybridized carbons (Fsp3) is 0.318. The minimum atomic E-state index is 0. The highest BCUT2D eigenvalue weighted by atomic mass is 127. The second-order valence-corrected chi connectivity index (χ2v) is 7.83. The largest absolute Gasteiger partial charge is 0.369 e. The highest BCUT2D eigenvalue weighted by Crippen LogP contribution is 2.23. The van der Waals surface area contributed by atoms with Crippen molar-refractivity contribution in [1.82, 2.24) is 25.4 Å².